The maximum atomic E-state index is 6.44. The standard InChI is InChI=1S/C29H45N3O/c1-5-24(4)29(30)21-31-18-16-27(17-19-31)32(20-15-23(2)3)26-11-13-28(14-12-26)33-22-25-9-7-6-8-10-25/h6-14,23-24,27,29H,5,15-22,30H2,1-4H3/t24?,29-/m1/s1. The van der Waals surface area contributed by atoms with Gasteiger partial charge >= 0.3 is 0 Å². The number of rotatable bonds is 12. The zero-order chi connectivity index (χ0) is 23.6. The monoisotopic (exact) mass is 451 g/mol. The van der Waals surface area contributed by atoms with Crippen molar-refractivity contribution in [3.8, 4) is 5.75 Å². The first kappa shape index (κ1) is 25.6. The van der Waals surface area contributed by atoms with Gasteiger partial charge < -0.3 is 20.3 Å². The maximum absolute atomic E-state index is 6.44. The fraction of sp³-hybridized carbons (Fsp3) is 0.586. The third kappa shape index (κ3) is 8.04. The molecule has 4 nitrogen and oxygen atoms in total. The summed E-state index contributed by atoms with van der Waals surface area (Å²) in [7, 11) is 0. The molecule has 2 aromatic carbocycles. The molecule has 0 aliphatic carbocycles. The minimum atomic E-state index is 0.284. The van der Waals surface area contributed by atoms with Crippen LogP contribution < -0.4 is 15.4 Å². The molecule has 3 rings (SSSR count). The molecule has 1 fully saturated rings. The Morgan fingerprint density at radius 3 is 2.27 bits per heavy atom. The first-order chi connectivity index (χ1) is 16.0. The first-order valence-corrected chi connectivity index (χ1v) is 13.0. The van der Waals surface area contributed by atoms with E-state index in [1.54, 1.807) is 0 Å². The molecule has 2 aromatic rings. The van der Waals surface area contributed by atoms with Crippen LogP contribution in [0.5, 0.6) is 5.75 Å². The molecule has 1 unspecified atom stereocenters. The summed E-state index contributed by atoms with van der Waals surface area (Å²) in [4.78, 5) is 5.22. The van der Waals surface area contributed by atoms with Gasteiger partial charge in [0.2, 0.25) is 0 Å². The van der Waals surface area contributed by atoms with E-state index in [2.05, 4.69) is 86.0 Å². The third-order valence-electron chi connectivity index (χ3n) is 7.21. The molecule has 4 heteroatoms. The highest BCUT2D eigenvalue weighted by Crippen LogP contribution is 2.27. The zero-order valence-corrected chi connectivity index (χ0v) is 21.2. The molecule has 1 aliphatic heterocycles. The van der Waals surface area contributed by atoms with Gasteiger partial charge in [-0.2, -0.15) is 0 Å². The van der Waals surface area contributed by atoms with Gasteiger partial charge in [-0.1, -0.05) is 64.4 Å². The average Bonchev–Trinajstić information content (AvgIpc) is 2.84. The van der Waals surface area contributed by atoms with E-state index >= 15 is 0 Å². The maximum Gasteiger partial charge on any atom is 0.119 e. The van der Waals surface area contributed by atoms with Crippen molar-refractivity contribution in [2.75, 3.05) is 31.1 Å². The molecule has 182 valence electrons. The lowest BCUT2D eigenvalue weighted by Gasteiger charge is -2.41. The van der Waals surface area contributed by atoms with Gasteiger partial charge in [0.05, 0.1) is 0 Å². The number of likely N-dealkylation sites (tertiary alicyclic amines) is 1. The topological polar surface area (TPSA) is 41.7 Å². The van der Waals surface area contributed by atoms with Gasteiger partial charge in [-0.25, -0.2) is 0 Å². The Hall–Kier alpha value is -2.04. The van der Waals surface area contributed by atoms with Crippen molar-refractivity contribution in [1.82, 2.24) is 4.90 Å². The lowest BCUT2D eigenvalue weighted by atomic mass is 9.97. The van der Waals surface area contributed by atoms with Crippen molar-refractivity contribution >= 4 is 5.69 Å². The van der Waals surface area contributed by atoms with Gasteiger partial charge in [0.15, 0.2) is 0 Å². The Morgan fingerprint density at radius 2 is 1.67 bits per heavy atom. The number of ether oxygens (including phenoxy) is 1. The molecule has 1 saturated heterocycles. The highest BCUT2D eigenvalue weighted by atomic mass is 16.5. The second-order valence-electron chi connectivity index (χ2n) is 10.2. The second kappa shape index (κ2) is 13.0. The van der Waals surface area contributed by atoms with Crippen LogP contribution in [0.1, 0.15) is 58.9 Å². The quantitative estimate of drug-likeness (QED) is 0.432. The van der Waals surface area contributed by atoms with E-state index in [0.29, 0.717) is 24.5 Å². The predicted octanol–water partition coefficient (Wildman–Crippen LogP) is 5.96. The van der Waals surface area contributed by atoms with Gasteiger partial charge in [-0.05, 0) is 60.9 Å². The average molecular weight is 452 g/mol. The molecule has 1 aliphatic rings. The highest BCUT2D eigenvalue weighted by molar-refractivity contribution is 5.50. The Morgan fingerprint density at radius 1 is 1.00 bits per heavy atom. The number of nitrogens with two attached hydrogens (primary N) is 1. The second-order valence-corrected chi connectivity index (χ2v) is 10.2. The number of piperidine rings is 1. The van der Waals surface area contributed by atoms with E-state index in [4.69, 9.17) is 10.5 Å². The van der Waals surface area contributed by atoms with Crippen molar-refractivity contribution < 1.29 is 4.74 Å². The van der Waals surface area contributed by atoms with Gasteiger partial charge in [0.1, 0.15) is 12.4 Å². The van der Waals surface area contributed by atoms with Crippen LogP contribution in [0.4, 0.5) is 5.69 Å². The number of hydrogen-bond acceptors (Lipinski definition) is 4. The van der Waals surface area contributed by atoms with Gasteiger partial charge in [-0.15, -0.1) is 0 Å². The van der Waals surface area contributed by atoms with Crippen LogP contribution in [-0.2, 0) is 6.61 Å². The first-order valence-electron chi connectivity index (χ1n) is 13.0. The van der Waals surface area contributed by atoms with Crippen LogP contribution in [0.2, 0.25) is 0 Å². The van der Waals surface area contributed by atoms with E-state index < -0.39 is 0 Å². The summed E-state index contributed by atoms with van der Waals surface area (Å²) in [6.07, 6.45) is 4.78. The van der Waals surface area contributed by atoms with E-state index in [0.717, 1.165) is 38.3 Å². The Bertz CT molecular complexity index is 784. The minimum absolute atomic E-state index is 0.284. The molecule has 0 radical (unpaired) electrons. The van der Waals surface area contributed by atoms with Crippen molar-refractivity contribution in [2.24, 2.45) is 17.6 Å². The summed E-state index contributed by atoms with van der Waals surface area (Å²) < 4.78 is 6.01. The van der Waals surface area contributed by atoms with E-state index in [-0.39, 0.29) is 6.04 Å². The van der Waals surface area contributed by atoms with Crippen LogP contribution in [0, 0.1) is 11.8 Å². The Kier molecular flexibility index (Phi) is 10.1. The summed E-state index contributed by atoms with van der Waals surface area (Å²) in [6.45, 7) is 14.2. The molecule has 0 bridgehead atoms. The molecule has 2 N–H and O–H groups in total. The molecule has 0 amide bonds. The van der Waals surface area contributed by atoms with E-state index in [1.165, 1.54) is 30.5 Å². The zero-order valence-electron chi connectivity index (χ0n) is 21.2. The van der Waals surface area contributed by atoms with Crippen LogP contribution >= 0.6 is 0 Å². The van der Waals surface area contributed by atoms with Gasteiger partial charge in [0.25, 0.3) is 0 Å². The normalized spacial score (nSPS) is 17.2. The smallest absolute Gasteiger partial charge is 0.119 e. The molecule has 1 heterocycles. The largest absolute Gasteiger partial charge is 0.489 e. The van der Waals surface area contributed by atoms with Gasteiger partial charge in [0, 0.05) is 44.0 Å². The number of anilines is 1. The summed E-state index contributed by atoms with van der Waals surface area (Å²) in [5.41, 5.74) is 8.95. The summed E-state index contributed by atoms with van der Waals surface area (Å²) >= 11 is 0. The molecular formula is C29H45N3O. The van der Waals surface area contributed by atoms with Crippen molar-refractivity contribution in [3.63, 3.8) is 0 Å². The van der Waals surface area contributed by atoms with Crippen LogP contribution in [0.25, 0.3) is 0 Å². The van der Waals surface area contributed by atoms with Crippen LogP contribution in [0.3, 0.4) is 0 Å². The fourth-order valence-corrected chi connectivity index (χ4v) is 4.59. The lowest BCUT2D eigenvalue weighted by Crippen LogP contribution is -2.49. The predicted molar refractivity (Wildman–Crippen MR) is 141 cm³/mol. The molecule has 33 heavy (non-hydrogen) atoms. The van der Waals surface area contributed by atoms with Crippen LogP contribution in [0.15, 0.2) is 54.6 Å². The van der Waals surface area contributed by atoms with E-state index in [1.807, 2.05) is 6.07 Å². The molecule has 2 atom stereocenters. The lowest BCUT2D eigenvalue weighted by molar-refractivity contribution is 0.183. The number of hydrogen-bond donors (Lipinski definition) is 1. The molecule has 0 spiro atoms. The van der Waals surface area contributed by atoms with Crippen LogP contribution in [-0.4, -0.2) is 43.2 Å². The molecular weight excluding hydrogens is 406 g/mol. The number of nitrogens with zero attached hydrogens (tertiary/aromatic N) is 2. The van der Waals surface area contributed by atoms with Crippen molar-refractivity contribution in [3.05, 3.63) is 60.2 Å². The Labute approximate surface area is 202 Å². The fourth-order valence-electron chi connectivity index (χ4n) is 4.59. The molecule has 0 aromatic heterocycles. The number of benzene rings is 2. The van der Waals surface area contributed by atoms with Gasteiger partial charge in [-0.3, -0.25) is 0 Å². The van der Waals surface area contributed by atoms with E-state index in [9.17, 15) is 0 Å². The molecule has 0 saturated carbocycles. The Balaban J connectivity index is 1.59. The summed E-state index contributed by atoms with van der Waals surface area (Å²) in [5, 5.41) is 0. The summed E-state index contributed by atoms with van der Waals surface area (Å²) in [5.74, 6) is 2.22. The minimum Gasteiger partial charge on any atom is -0.489 e. The van der Waals surface area contributed by atoms with Crippen molar-refractivity contribution in [1.29, 1.82) is 0 Å². The SMILES string of the molecule is CCC(C)[C@H](N)CN1CCC(N(CCC(C)C)c2ccc(OCc3ccccc3)cc2)CC1. The van der Waals surface area contributed by atoms with Crippen molar-refractivity contribution in [2.45, 2.75) is 72.1 Å². The summed E-state index contributed by atoms with van der Waals surface area (Å²) in [6, 6.07) is 20.0. The highest BCUT2D eigenvalue weighted by Gasteiger charge is 2.26. The third-order valence-corrected chi connectivity index (χ3v) is 7.21.